The van der Waals surface area contributed by atoms with Gasteiger partial charge in [-0.3, -0.25) is 4.79 Å². The molecule has 4 heteroatoms. The summed E-state index contributed by atoms with van der Waals surface area (Å²) in [5, 5.41) is 3.04. The zero-order valence-corrected chi connectivity index (χ0v) is 12.9. The normalized spacial score (nSPS) is 15.2. The van der Waals surface area contributed by atoms with E-state index in [9.17, 15) is 4.79 Å². The van der Waals surface area contributed by atoms with Gasteiger partial charge in [0.25, 0.3) is 0 Å². The van der Waals surface area contributed by atoms with Gasteiger partial charge in [-0.25, -0.2) is 0 Å². The second-order valence-corrected chi connectivity index (χ2v) is 6.08. The summed E-state index contributed by atoms with van der Waals surface area (Å²) >= 11 is 0. The monoisotopic (exact) mass is 257 g/mol. The molecule has 4 nitrogen and oxygen atoms in total. The average molecular weight is 257 g/mol. The molecule has 0 spiro atoms. The van der Waals surface area contributed by atoms with E-state index in [1.54, 1.807) is 0 Å². The van der Waals surface area contributed by atoms with Crippen LogP contribution in [0.1, 0.15) is 34.1 Å². The van der Waals surface area contributed by atoms with Crippen LogP contribution < -0.4 is 11.1 Å². The summed E-state index contributed by atoms with van der Waals surface area (Å²) in [7, 11) is 4.12. The molecule has 108 valence electrons. The number of carbonyl (C=O) groups excluding carboxylic acids is 1. The summed E-state index contributed by atoms with van der Waals surface area (Å²) in [6.45, 7) is 9.60. The second-order valence-electron chi connectivity index (χ2n) is 6.08. The van der Waals surface area contributed by atoms with Crippen LogP contribution in [0.3, 0.4) is 0 Å². The van der Waals surface area contributed by atoms with Gasteiger partial charge in [-0.05, 0) is 32.4 Å². The average Bonchev–Trinajstić information content (AvgIpc) is 2.23. The van der Waals surface area contributed by atoms with Gasteiger partial charge in [-0.15, -0.1) is 0 Å². The van der Waals surface area contributed by atoms with Crippen LogP contribution >= 0.6 is 0 Å². The van der Waals surface area contributed by atoms with Crippen molar-refractivity contribution >= 4 is 5.91 Å². The third-order valence-electron chi connectivity index (χ3n) is 3.38. The molecule has 2 atom stereocenters. The molecule has 0 saturated heterocycles. The Labute approximate surface area is 112 Å². The zero-order chi connectivity index (χ0) is 14.3. The minimum Gasteiger partial charge on any atom is -0.354 e. The number of nitrogens with one attached hydrogen (secondary N) is 1. The summed E-state index contributed by atoms with van der Waals surface area (Å²) in [5.74, 6) is 0.928. The number of hydrogen-bond acceptors (Lipinski definition) is 3. The summed E-state index contributed by atoms with van der Waals surface area (Å²) in [5.41, 5.74) is 5.65. The minimum absolute atomic E-state index is 0.0770. The molecular formula is C14H31N3O. The van der Waals surface area contributed by atoms with Crippen LogP contribution in [0.25, 0.3) is 0 Å². The molecule has 0 radical (unpaired) electrons. The van der Waals surface area contributed by atoms with Crippen molar-refractivity contribution in [2.45, 2.75) is 40.2 Å². The smallest absolute Gasteiger partial charge is 0.224 e. The molecule has 0 aliphatic heterocycles. The van der Waals surface area contributed by atoms with Gasteiger partial charge in [0.2, 0.25) is 5.91 Å². The first-order chi connectivity index (χ1) is 8.29. The Kier molecular flexibility index (Phi) is 8.20. The predicted molar refractivity (Wildman–Crippen MR) is 77.3 cm³/mol. The summed E-state index contributed by atoms with van der Waals surface area (Å²) in [4.78, 5) is 14.2. The summed E-state index contributed by atoms with van der Waals surface area (Å²) in [6.07, 6.45) is 1.09. The van der Waals surface area contributed by atoms with Crippen molar-refractivity contribution in [1.29, 1.82) is 0 Å². The van der Waals surface area contributed by atoms with E-state index in [1.165, 1.54) is 0 Å². The van der Waals surface area contributed by atoms with E-state index in [-0.39, 0.29) is 17.7 Å². The minimum atomic E-state index is -0.0770. The van der Waals surface area contributed by atoms with Gasteiger partial charge in [-0.1, -0.05) is 27.7 Å². The Morgan fingerprint density at radius 1 is 1.22 bits per heavy atom. The molecule has 0 rings (SSSR count). The number of hydrogen-bond donors (Lipinski definition) is 2. The van der Waals surface area contributed by atoms with Gasteiger partial charge < -0.3 is 16.0 Å². The van der Waals surface area contributed by atoms with Crippen molar-refractivity contribution in [2.24, 2.45) is 23.5 Å². The quantitative estimate of drug-likeness (QED) is 0.689. The van der Waals surface area contributed by atoms with Crippen LogP contribution in [0.5, 0.6) is 0 Å². The van der Waals surface area contributed by atoms with Crippen molar-refractivity contribution < 1.29 is 4.79 Å². The van der Waals surface area contributed by atoms with Gasteiger partial charge in [-0.2, -0.15) is 0 Å². The number of nitrogens with zero attached hydrogens (tertiary/aromatic N) is 1. The largest absolute Gasteiger partial charge is 0.354 e. The Hall–Kier alpha value is -0.610. The van der Waals surface area contributed by atoms with E-state index in [2.05, 4.69) is 38.2 Å². The van der Waals surface area contributed by atoms with Crippen molar-refractivity contribution in [3.8, 4) is 0 Å². The highest BCUT2D eigenvalue weighted by Crippen LogP contribution is 2.11. The molecule has 0 aromatic rings. The van der Waals surface area contributed by atoms with Gasteiger partial charge in [0.1, 0.15) is 0 Å². The third-order valence-corrected chi connectivity index (χ3v) is 3.38. The van der Waals surface area contributed by atoms with Crippen LogP contribution in [0.4, 0.5) is 0 Å². The van der Waals surface area contributed by atoms with E-state index in [0.717, 1.165) is 6.42 Å². The van der Waals surface area contributed by atoms with E-state index in [4.69, 9.17) is 5.73 Å². The lowest BCUT2D eigenvalue weighted by Crippen LogP contribution is -2.45. The topological polar surface area (TPSA) is 58.4 Å². The first kappa shape index (κ1) is 17.4. The lowest BCUT2D eigenvalue weighted by atomic mass is 9.95. The molecule has 3 N–H and O–H groups in total. The third kappa shape index (κ3) is 6.36. The molecular weight excluding hydrogens is 226 g/mol. The van der Waals surface area contributed by atoms with Gasteiger partial charge in [0.15, 0.2) is 0 Å². The van der Waals surface area contributed by atoms with Gasteiger partial charge >= 0.3 is 0 Å². The fraction of sp³-hybridized carbons (Fsp3) is 0.929. The number of nitrogens with two attached hydrogens (primary N) is 1. The van der Waals surface area contributed by atoms with Gasteiger partial charge in [0.05, 0.1) is 5.92 Å². The molecule has 0 aliphatic carbocycles. The Balaban J connectivity index is 4.30. The first-order valence-corrected chi connectivity index (χ1v) is 6.93. The standard InChI is InChI=1S/C14H31N3O/c1-10(2)7-12(17(5)6)9-16-14(18)13(8-15)11(3)4/h10-13H,7-9,15H2,1-6H3,(H,16,18). The SMILES string of the molecule is CC(C)CC(CNC(=O)C(CN)C(C)C)N(C)C. The number of rotatable bonds is 8. The molecule has 0 aromatic carbocycles. The lowest BCUT2D eigenvalue weighted by molar-refractivity contribution is -0.126. The molecule has 0 aromatic heterocycles. The zero-order valence-electron chi connectivity index (χ0n) is 12.9. The summed E-state index contributed by atoms with van der Waals surface area (Å²) in [6, 6.07) is 0.388. The van der Waals surface area contributed by atoms with Crippen molar-refractivity contribution in [2.75, 3.05) is 27.2 Å². The molecule has 0 bridgehead atoms. The fourth-order valence-corrected chi connectivity index (χ4v) is 2.05. The number of carbonyl (C=O) groups is 1. The Morgan fingerprint density at radius 2 is 1.78 bits per heavy atom. The molecule has 1 amide bonds. The van der Waals surface area contributed by atoms with E-state index >= 15 is 0 Å². The highest BCUT2D eigenvalue weighted by Gasteiger charge is 2.22. The maximum absolute atomic E-state index is 12.0. The first-order valence-electron chi connectivity index (χ1n) is 6.93. The molecule has 0 saturated carbocycles. The van der Waals surface area contributed by atoms with Crippen LogP contribution in [-0.4, -0.2) is 44.0 Å². The molecule has 18 heavy (non-hydrogen) atoms. The lowest BCUT2D eigenvalue weighted by Gasteiger charge is -2.27. The van der Waals surface area contributed by atoms with E-state index < -0.39 is 0 Å². The van der Waals surface area contributed by atoms with Crippen molar-refractivity contribution in [1.82, 2.24) is 10.2 Å². The highest BCUT2D eigenvalue weighted by atomic mass is 16.1. The Morgan fingerprint density at radius 3 is 2.11 bits per heavy atom. The van der Waals surface area contributed by atoms with Crippen molar-refractivity contribution in [3.05, 3.63) is 0 Å². The molecule has 0 heterocycles. The predicted octanol–water partition coefficient (Wildman–Crippen LogP) is 1.31. The molecule has 0 aliphatic rings. The Bertz CT molecular complexity index is 239. The van der Waals surface area contributed by atoms with Crippen LogP contribution in [0, 0.1) is 17.8 Å². The van der Waals surface area contributed by atoms with Crippen LogP contribution in [-0.2, 0) is 4.79 Å². The van der Waals surface area contributed by atoms with E-state index in [0.29, 0.717) is 25.0 Å². The maximum atomic E-state index is 12.0. The van der Waals surface area contributed by atoms with E-state index in [1.807, 2.05) is 13.8 Å². The van der Waals surface area contributed by atoms with Gasteiger partial charge in [0, 0.05) is 19.1 Å². The maximum Gasteiger partial charge on any atom is 0.224 e. The fourth-order valence-electron chi connectivity index (χ4n) is 2.05. The van der Waals surface area contributed by atoms with Crippen molar-refractivity contribution in [3.63, 3.8) is 0 Å². The second kappa shape index (κ2) is 8.48. The number of likely N-dealkylation sites (N-methyl/N-ethyl adjacent to an activating group) is 1. The van der Waals surface area contributed by atoms with Crippen LogP contribution in [0.15, 0.2) is 0 Å². The molecule has 0 fully saturated rings. The highest BCUT2D eigenvalue weighted by molar-refractivity contribution is 5.79. The number of amides is 1. The molecule has 2 unspecified atom stereocenters. The summed E-state index contributed by atoms with van der Waals surface area (Å²) < 4.78 is 0. The van der Waals surface area contributed by atoms with Crippen LogP contribution in [0.2, 0.25) is 0 Å².